The van der Waals surface area contributed by atoms with E-state index in [-0.39, 0.29) is 11.6 Å². The predicted octanol–water partition coefficient (Wildman–Crippen LogP) is 6.92. The molecule has 34 heavy (non-hydrogen) atoms. The van der Waals surface area contributed by atoms with Crippen LogP contribution < -0.4 is 5.32 Å². The monoisotopic (exact) mass is 462 g/mol. The van der Waals surface area contributed by atoms with E-state index in [1.54, 1.807) is 0 Å². The van der Waals surface area contributed by atoms with E-state index in [1.807, 2.05) is 24.3 Å². The van der Waals surface area contributed by atoms with Crippen molar-refractivity contribution in [1.82, 2.24) is 10.2 Å². The molecule has 0 amide bonds. The van der Waals surface area contributed by atoms with E-state index in [0.717, 1.165) is 43.7 Å². The average molecular weight is 463 g/mol. The molecule has 0 bridgehead atoms. The average Bonchev–Trinajstić information content (AvgIpc) is 3.64. The Bertz CT molecular complexity index is 941. The maximum absolute atomic E-state index is 13.4. The number of rotatable bonds is 13. The zero-order chi connectivity index (χ0) is 23.8. The van der Waals surface area contributed by atoms with E-state index in [2.05, 4.69) is 47.5 Å². The summed E-state index contributed by atoms with van der Waals surface area (Å²) >= 11 is 0. The summed E-state index contributed by atoms with van der Waals surface area (Å²) < 4.78 is 26.8. The maximum atomic E-state index is 13.4. The molecule has 3 aromatic carbocycles. The van der Waals surface area contributed by atoms with E-state index in [1.165, 1.54) is 49.1 Å². The predicted molar refractivity (Wildman–Crippen MR) is 136 cm³/mol. The molecule has 1 fully saturated rings. The molecular weight excluding hydrogens is 426 g/mol. The summed E-state index contributed by atoms with van der Waals surface area (Å²) in [5.41, 5.74) is 3.63. The molecule has 1 saturated carbocycles. The molecule has 0 heterocycles. The fraction of sp³-hybridized carbons (Fsp3) is 0.400. The summed E-state index contributed by atoms with van der Waals surface area (Å²) in [5, 5.41) is 3.82. The van der Waals surface area contributed by atoms with E-state index in [0.29, 0.717) is 17.9 Å². The van der Waals surface area contributed by atoms with Crippen molar-refractivity contribution in [2.45, 2.75) is 57.7 Å². The van der Waals surface area contributed by atoms with Gasteiger partial charge in [-0.25, -0.2) is 8.78 Å². The second-order valence-electron chi connectivity index (χ2n) is 9.67. The molecule has 1 aliphatic rings. The Morgan fingerprint density at radius 3 is 1.97 bits per heavy atom. The zero-order valence-corrected chi connectivity index (χ0v) is 20.1. The van der Waals surface area contributed by atoms with Gasteiger partial charge in [-0.05, 0) is 79.2 Å². The van der Waals surface area contributed by atoms with Gasteiger partial charge in [0.25, 0.3) is 0 Å². The fourth-order valence-corrected chi connectivity index (χ4v) is 4.84. The minimum Gasteiger partial charge on any atom is -0.313 e. The molecule has 0 aliphatic heterocycles. The summed E-state index contributed by atoms with van der Waals surface area (Å²) in [6.45, 7) is 5.76. The first-order chi connectivity index (χ1) is 16.6. The summed E-state index contributed by atoms with van der Waals surface area (Å²) in [6.07, 6.45) is 4.71. The van der Waals surface area contributed by atoms with Gasteiger partial charge in [0, 0.05) is 25.0 Å². The van der Waals surface area contributed by atoms with Crippen LogP contribution in [0.25, 0.3) is 0 Å². The van der Waals surface area contributed by atoms with Crippen LogP contribution in [-0.2, 0) is 13.1 Å². The smallest absolute Gasteiger partial charge is 0.123 e. The van der Waals surface area contributed by atoms with Gasteiger partial charge in [0.2, 0.25) is 0 Å². The largest absolute Gasteiger partial charge is 0.313 e. The van der Waals surface area contributed by atoms with Crippen molar-refractivity contribution in [3.63, 3.8) is 0 Å². The number of benzene rings is 3. The number of halogens is 2. The Morgan fingerprint density at radius 2 is 1.41 bits per heavy atom. The van der Waals surface area contributed by atoms with Crippen LogP contribution in [0.1, 0.15) is 55.2 Å². The normalized spacial score (nSPS) is 18.2. The minimum absolute atomic E-state index is 0.211. The standard InChI is InChI=1S/C30H36F2N2/c1-2-6-23(20-33-30-19-29(30)26-7-4-3-5-8-26)17-18-34(21-24-9-13-27(31)14-10-24)22-25-11-15-28(32)16-12-25/h3-5,7-16,23,29-30,33H,2,6,17-22H2,1H3/t23?,29-,30+/m0/s1. The van der Waals surface area contributed by atoms with Crippen molar-refractivity contribution in [2.24, 2.45) is 5.92 Å². The van der Waals surface area contributed by atoms with Crippen molar-refractivity contribution < 1.29 is 8.78 Å². The second-order valence-corrected chi connectivity index (χ2v) is 9.67. The fourth-order valence-electron chi connectivity index (χ4n) is 4.84. The molecule has 1 N–H and O–H groups in total. The van der Waals surface area contributed by atoms with E-state index in [9.17, 15) is 8.78 Å². The summed E-state index contributed by atoms with van der Waals surface area (Å²) in [5.74, 6) is 0.844. The highest BCUT2D eigenvalue weighted by molar-refractivity contribution is 5.27. The van der Waals surface area contributed by atoms with Gasteiger partial charge in [0.15, 0.2) is 0 Å². The topological polar surface area (TPSA) is 15.3 Å². The Morgan fingerprint density at radius 1 is 0.824 bits per heavy atom. The lowest BCUT2D eigenvalue weighted by atomic mass is 9.99. The molecule has 0 saturated heterocycles. The minimum atomic E-state index is -0.211. The molecule has 1 aliphatic carbocycles. The second kappa shape index (κ2) is 12.2. The van der Waals surface area contributed by atoms with Crippen LogP contribution >= 0.6 is 0 Å². The molecule has 4 rings (SSSR count). The van der Waals surface area contributed by atoms with E-state index < -0.39 is 0 Å². The van der Waals surface area contributed by atoms with Crippen molar-refractivity contribution in [3.8, 4) is 0 Å². The summed E-state index contributed by atoms with van der Waals surface area (Å²) in [7, 11) is 0. The molecule has 4 heteroatoms. The third kappa shape index (κ3) is 7.48. The molecule has 3 aromatic rings. The molecular formula is C30H36F2N2. The molecule has 3 atom stereocenters. The van der Waals surface area contributed by atoms with Gasteiger partial charge in [-0.1, -0.05) is 67.9 Å². The number of nitrogens with one attached hydrogen (secondary N) is 1. The highest BCUT2D eigenvalue weighted by atomic mass is 19.1. The van der Waals surface area contributed by atoms with Gasteiger partial charge in [0.05, 0.1) is 0 Å². The van der Waals surface area contributed by atoms with Crippen molar-refractivity contribution in [3.05, 3.63) is 107 Å². The van der Waals surface area contributed by atoms with Crippen LogP contribution in [0.5, 0.6) is 0 Å². The SMILES string of the molecule is CCCC(CCN(Cc1ccc(F)cc1)Cc1ccc(F)cc1)CN[C@@H]1C[C@H]1c1ccccc1. The van der Waals surface area contributed by atoms with Crippen molar-refractivity contribution in [1.29, 1.82) is 0 Å². The van der Waals surface area contributed by atoms with Gasteiger partial charge < -0.3 is 5.32 Å². The molecule has 1 unspecified atom stereocenters. The highest BCUT2D eigenvalue weighted by Crippen LogP contribution is 2.40. The first-order valence-corrected chi connectivity index (χ1v) is 12.6. The first-order valence-electron chi connectivity index (χ1n) is 12.6. The number of hydrogen-bond acceptors (Lipinski definition) is 2. The van der Waals surface area contributed by atoms with Crippen LogP contribution in [0.15, 0.2) is 78.9 Å². The third-order valence-electron chi connectivity index (χ3n) is 6.88. The van der Waals surface area contributed by atoms with Gasteiger partial charge in [-0.3, -0.25) is 4.90 Å². The molecule has 0 spiro atoms. The lowest BCUT2D eigenvalue weighted by molar-refractivity contribution is 0.229. The quantitative estimate of drug-likeness (QED) is 0.297. The lowest BCUT2D eigenvalue weighted by Crippen LogP contribution is -2.30. The number of hydrogen-bond donors (Lipinski definition) is 1. The van der Waals surface area contributed by atoms with Gasteiger partial charge in [0.1, 0.15) is 11.6 Å². The number of nitrogens with zero attached hydrogens (tertiary/aromatic N) is 1. The summed E-state index contributed by atoms with van der Waals surface area (Å²) in [4.78, 5) is 2.40. The van der Waals surface area contributed by atoms with Crippen LogP contribution in [0, 0.1) is 17.6 Å². The molecule has 2 nitrogen and oxygen atoms in total. The Balaban J connectivity index is 1.33. The van der Waals surface area contributed by atoms with Crippen LogP contribution in [0.4, 0.5) is 8.78 Å². The Hall–Kier alpha value is -2.56. The third-order valence-corrected chi connectivity index (χ3v) is 6.88. The molecule has 0 radical (unpaired) electrons. The lowest BCUT2D eigenvalue weighted by Gasteiger charge is -2.26. The Labute approximate surface area is 203 Å². The van der Waals surface area contributed by atoms with Crippen LogP contribution in [-0.4, -0.2) is 24.0 Å². The van der Waals surface area contributed by atoms with Crippen LogP contribution in [0.2, 0.25) is 0 Å². The van der Waals surface area contributed by atoms with Crippen molar-refractivity contribution in [2.75, 3.05) is 13.1 Å². The van der Waals surface area contributed by atoms with Crippen molar-refractivity contribution >= 4 is 0 Å². The highest BCUT2D eigenvalue weighted by Gasteiger charge is 2.37. The molecule has 0 aromatic heterocycles. The van der Waals surface area contributed by atoms with E-state index >= 15 is 0 Å². The van der Waals surface area contributed by atoms with E-state index in [4.69, 9.17) is 0 Å². The summed E-state index contributed by atoms with van der Waals surface area (Å²) in [6, 6.07) is 24.9. The first kappa shape index (κ1) is 24.6. The molecule has 180 valence electrons. The van der Waals surface area contributed by atoms with Gasteiger partial charge in [-0.2, -0.15) is 0 Å². The van der Waals surface area contributed by atoms with Crippen LogP contribution in [0.3, 0.4) is 0 Å². The Kier molecular flexibility index (Phi) is 8.84. The maximum Gasteiger partial charge on any atom is 0.123 e. The van der Waals surface area contributed by atoms with Gasteiger partial charge in [-0.15, -0.1) is 0 Å². The van der Waals surface area contributed by atoms with Gasteiger partial charge >= 0.3 is 0 Å². The zero-order valence-electron chi connectivity index (χ0n) is 20.1.